The van der Waals surface area contributed by atoms with E-state index >= 15 is 0 Å². The number of nitrogens with zero attached hydrogens (tertiary/aromatic N) is 2. The van der Waals surface area contributed by atoms with Gasteiger partial charge in [-0.25, -0.2) is 4.79 Å². The van der Waals surface area contributed by atoms with E-state index in [0.717, 1.165) is 0 Å². The standard InChI is InChI=1S/C20H38N2O6SSi/c1-10-22(18(25)28-19(2,3)4)17-21-13-15(24)14(23)12(27-16(13)29-17)11-26-30(8,9)20(5,6)7/h12-16,23-24H,10-11H2,1-9H3/t12-,13-,14-,15-,16-/m1/s1. The molecule has 0 aromatic heterocycles. The third-order valence-corrected chi connectivity index (χ3v) is 11.4. The second-order valence-corrected chi connectivity index (χ2v) is 16.2. The third kappa shape index (κ3) is 5.77. The van der Waals surface area contributed by atoms with Crippen LogP contribution in [0.3, 0.4) is 0 Å². The first-order valence-corrected chi connectivity index (χ1v) is 14.3. The number of aliphatic hydroxyl groups excluding tert-OH is 2. The molecular formula is C20H38N2O6SSi. The van der Waals surface area contributed by atoms with Crippen molar-refractivity contribution < 1.29 is 28.9 Å². The molecule has 1 fully saturated rings. The molecule has 2 aliphatic rings. The molecule has 2 heterocycles. The Morgan fingerprint density at radius 1 is 1.20 bits per heavy atom. The Kier molecular flexibility index (Phi) is 7.74. The lowest BCUT2D eigenvalue weighted by atomic mass is 9.99. The first-order valence-electron chi connectivity index (χ1n) is 10.5. The highest BCUT2D eigenvalue weighted by Crippen LogP contribution is 2.40. The van der Waals surface area contributed by atoms with Crippen molar-refractivity contribution in [2.75, 3.05) is 13.2 Å². The average Bonchev–Trinajstić information content (AvgIpc) is 2.98. The summed E-state index contributed by atoms with van der Waals surface area (Å²) in [7, 11) is -2.03. The highest BCUT2D eigenvalue weighted by Gasteiger charge is 2.50. The van der Waals surface area contributed by atoms with Gasteiger partial charge in [0, 0.05) is 6.54 Å². The molecule has 0 saturated carbocycles. The third-order valence-electron chi connectivity index (χ3n) is 5.73. The van der Waals surface area contributed by atoms with Gasteiger partial charge in [0.25, 0.3) is 0 Å². The number of hydrogen-bond acceptors (Lipinski definition) is 8. The Hall–Kier alpha value is -0.653. The van der Waals surface area contributed by atoms with Crippen molar-refractivity contribution in [3.63, 3.8) is 0 Å². The first kappa shape index (κ1) is 25.6. The van der Waals surface area contributed by atoms with Gasteiger partial charge in [0.05, 0.1) is 6.61 Å². The summed E-state index contributed by atoms with van der Waals surface area (Å²) in [4.78, 5) is 18.5. The van der Waals surface area contributed by atoms with Crippen LogP contribution in [-0.2, 0) is 13.9 Å². The number of amides is 1. The van der Waals surface area contributed by atoms with Gasteiger partial charge < -0.3 is 24.1 Å². The van der Waals surface area contributed by atoms with Crippen LogP contribution in [0.4, 0.5) is 4.79 Å². The smallest absolute Gasteiger partial charge is 0.416 e. The molecule has 0 radical (unpaired) electrons. The molecule has 174 valence electrons. The summed E-state index contributed by atoms with van der Waals surface area (Å²) in [6.45, 7) is 18.5. The Morgan fingerprint density at radius 2 is 1.80 bits per heavy atom. The lowest BCUT2D eigenvalue weighted by Gasteiger charge is -2.41. The molecule has 0 unspecified atom stereocenters. The molecule has 5 atom stereocenters. The molecule has 2 rings (SSSR count). The van der Waals surface area contributed by atoms with E-state index in [2.05, 4.69) is 38.9 Å². The van der Waals surface area contributed by atoms with Crippen molar-refractivity contribution in [1.82, 2.24) is 4.90 Å². The van der Waals surface area contributed by atoms with Gasteiger partial charge in [-0.3, -0.25) is 9.89 Å². The zero-order valence-electron chi connectivity index (χ0n) is 19.6. The summed E-state index contributed by atoms with van der Waals surface area (Å²) in [5, 5.41) is 21.7. The summed E-state index contributed by atoms with van der Waals surface area (Å²) in [6, 6.07) is -0.652. The fourth-order valence-electron chi connectivity index (χ4n) is 2.85. The molecule has 0 aliphatic carbocycles. The molecule has 0 bridgehead atoms. The molecule has 0 aromatic carbocycles. The van der Waals surface area contributed by atoms with Gasteiger partial charge >= 0.3 is 6.09 Å². The predicted octanol–water partition coefficient (Wildman–Crippen LogP) is 3.18. The number of thioether (sulfide) groups is 1. The fourth-order valence-corrected chi connectivity index (χ4v) is 5.15. The maximum absolute atomic E-state index is 12.5. The number of hydrogen-bond donors (Lipinski definition) is 2. The van der Waals surface area contributed by atoms with Crippen LogP contribution in [0.5, 0.6) is 0 Å². The highest BCUT2D eigenvalue weighted by molar-refractivity contribution is 8.14. The fraction of sp³-hybridized carbons (Fsp3) is 0.900. The van der Waals surface area contributed by atoms with Crippen molar-refractivity contribution in [3.8, 4) is 0 Å². The Bertz CT molecular complexity index is 661. The van der Waals surface area contributed by atoms with E-state index in [4.69, 9.17) is 13.9 Å². The Labute approximate surface area is 185 Å². The average molecular weight is 463 g/mol. The van der Waals surface area contributed by atoms with Crippen LogP contribution >= 0.6 is 11.8 Å². The number of carbonyl (C=O) groups is 1. The predicted molar refractivity (Wildman–Crippen MR) is 121 cm³/mol. The van der Waals surface area contributed by atoms with E-state index in [9.17, 15) is 15.0 Å². The second-order valence-electron chi connectivity index (χ2n) is 10.3. The molecule has 10 heteroatoms. The summed E-state index contributed by atoms with van der Waals surface area (Å²) in [5.74, 6) is 0. The summed E-state index contributed by atoms with van der Waals surface area (Å²) in [6.07, 6.45) is -3.37. The van der Waals surface area contributed by atoms with Crippen LogP contribution < -0.4 is 0 Å². The highest BCUT2D eigenvalue weighted by atomic mass is 32.2. The molecule has 0 spiro atoms. The minimum atomic E-state index is -2.03. The van der Waals surface area contributed by atoms with Crippen molar-refractivity contribution in [2.24, 2.45) is 4.99 Å². The largest absolute Gasteiger partial charge is 0.443 e. The first-order chi connectivity index (χ1) is 13.6. The SMILES string of the molecule is CCN(C(=O)OC(C)(C)C)C1=N[C@@H]2[C@@H](O)[C@H](O)[C@@H](CO[Si](C)(C)C(C)(C)C)O[C@@H]2S1. The Morgan fingerprint density at radius 3 is 2.30 bits per heavy atom. The van der Waals surface area contributed by atoms with Gasteiger partial charge in [0.2, 0.25) is 0 Å². The molecule has 30 heavy (non-hydrogen) atoms. The molecule has 2 N–H and O–H groups in total. The van der Waals surface area contributed by atoms with Crippen LogP contribution in [0, 0.1) is 0 Å². The van der Waals surface area contributed by atoms with Crippen molar-refractivity contribution in [3.05, 3.63) is 0 Å². The van der Waals surface area contributed by atoms with E-state index in [1.54, 1.807) is 20.8 Å². The van der Waals surface area contributed by atoms with Crippen LogP contribution in [0.15, 0.2) is 4.99 Å². The number of amidine groups is 1. The number of ether oxygens (including phenoxy) is 2. The maximum Gasteiger partial charge on any atom is 0.416 e. The van der Waals surface area contributed by atoms with Crippen LogP contribution in [-0.4, -0.2) is 83.2 Å². The zero-order valence-corrected chi connectivity index (χ0v) is 21.4. The topological polar surface area (TPSA) is 101 Å². The minimum absolute atomic E-state index is 0.0290. The minimum Gasteiger partial charge on any atom is -0.443 e. The summed E-state index contributed by atoms with van der Waals surface area (Å²) in [5.41, 5.74) is -1.12. The number of aliphatic imine (C=N–C) groups is 1. The van der Waals surface area contributed by atoms with E-state index in [1.165, 1.54) is 16.7 Å². The monoisotopic (exact) mass is 462 g/mol. The lowest BCUT2D eigenvalue weighted by molar-refractivity contribution is -0.162. The van der Waals surface area contributed by atoms with Gasteiger partial charge in [0.1, 0.15) is 35.4 Å². The van der Waals surface area contributed by atoms with E-state index in [-0.39, 0.29) is 11.6 Å². The number of fused-ring (bicyclic) bond motifs is 1. The molecule has 0 aromatic rings. The summed E-state index contributed by atoms with van der Waals surface area (Å²) >= 11 is 1.27. The van der Waals surface area contributed by atoms with Gasteiger partial charge in [-0.15, -0.1) is 0 Å². The van der Waals surface area contributed by atoms with Gasteiger partial charge in [-0.05, 0) is 45.8 Å². The number of carbonyl (C=O) groups excluding carboxylic acids is 1. The van der Waals surface area contributed by atoms with Crippen LogP contribution in [0.1, 0.15) is 48.5 Å². The van der Waals surface area contributed by atoms with Crippen molar-refractivity contribution in [2.45, 2.75) is 102 Å². The zero-order chi connectivity index (χ0) is 23.1. The molecule has 8 nitrogen and oxygen atoms in total. The van der Waals surface area contributed by atoms with Crippen LogP contribution in [0.2, 0.25) is 18.1 Å². The van der Waals surface area contributed by atoms with Crippen LogP contribution in [0.25, 0.3) is 0 Å². The molecule has 1 amide bonds. The quantitative estimate of drug-likeness (QED) is 0.619. The van der Waals surface area contributed by atoms with Gasteiger partial charge in [-0.1, -0.05) is 32.5 Å². The van der Waals surface area contributed by atoms with E-state index in [0.29, 0.717) is 11.7 Å². The van der Waals surface area contributed by atoms with Gasteiger partial charge in [0.15, 0.2) is 13.5 Å². The van der Waals surface area contributed by atoms with Crippen molar-refractivity contribution in [1.29, 1.82) is 0 Å². The number of aliphatic hydroxyl groups is 2. The Balaban J connectivity index is 2.08. The normalized spacial score (nSPS) is 30.0. The summed E-state index contributed by atoms with van der Waals surface area (Å²) < 4.78 is 17.7. The van der Waals surface area contributed by atoms with E-state index < -0.39 is 49.8 Å². The molecule has 1 saturated heterocycles. The molecule has 2 aliphatic heterocycles. The lowest BCUT2D eigenvalue weighted by Crippen LogP contribution is -2.57. The van der Waals surface area contributed by atoms with Gasteiger partial charge in [-0.2, -0.15) is 0 Å². The number of rotatable bonds is 4. The molecular weight excluding hydrogens is 424 g/mol. The van der Waals surface area contributed by atoms with E-state index in [1.807, 2.05) is 6.92 Å². The van der Waals surface area contributed by atoms with Crippen molar-refractivity contribution >= 4 is 31.3 Å². The second kappa shape index (κ2) is 9.07. The maximum atomic E-state index is 12.5.